The highest BCUT2D eigenvalue weighted by Gasteiger charge is 2.09. The van der Waals surface area contributed by atoms with Crippen LogP contribution in [0.3, 0.4) is 0 Å². The predicted molar refractivity (Wildman–Crippen MR) is 65.0 cm³/mol. The summed E-state index contributed by atoms with van der Waals surface area (Å²) in [6.45, 7) is 1.22. The Labute approximate surface area is 102 Å². The molecule has 6 nitrogen and oxygen atoms in total. The summed E-state index contributed by atoms with van der Waals surface area (Å²) in [6.07, 6.45) is 6.19. The Balaban J connectivity index is 2.14. The number of hydrogen-bond acceptors (Lipinski definition) is 4. The van der Waals surface area contributed by atoms with E-state index in [9.17, 15) is 4.79 Å². The highest BCUT2D eigenvalue weighted by Crippen LogP contribution is 2.05. The molecule has 3 N–H and O–H groups in total. The Morgan fingerprint density at radius 3 is 2.82 bits per heavy atom. The minimum atomic E-state index is 0.147. The van der Waals surface area contributed by atoms with Crippen LogP contribution in [0, 0.1) is 0 Å². The Kier molecular flexibility index (Phi) is 6.24. The Morgan fingerprint density at radius 2 is 2.18 bits per heavy atom. The maximum Gasteiger partial charge on any atom is 0.222 e. The molecule has 1 aromatic rings. The molecule has 0 aliphatic rings. The van der Waals surface area contributed by atoms with Crippen LogP contribution in [0.4, 0.5) is 0 Å². The third kappa shape index (κ3) is 5.44. The molecule has 96 valence electrons. The molecule has 1 aromatic heterocycles. The van der Waals surface area contributed by atoms with Crippen molar-refractivity contribution in [2.24, 2.45) is 5.73 Å². The molecule has 0 bridgehead atoms. The Morgan fingerprint density at radius 1 is 1.41 bits per heavy atom. The zero-order valence-electron chi connectivity index (χ0n) is 10.4. The van der Waals surface area contributed by atoms with E-state index in [1.807, 2.05) is 0 Å². The quantitative estimate of drug-likeness (QED) is 0.653. The van der Waals surface area contributed by atoms with E-state index in [0.29, 0.717) is 18.8 Å². The first kappa shape index (κ1) is 13.6. The molecule has 0 unspecified atom stereocenters. The molecule has 0 aromatic carbocycles. The van der Waals surface area contributed by atoms with E-state index in [-0.39, 0.29) is 5.91 Å². The van der Waals surface area contributed by atoms with E-state index in [1.165, 1.54) is 6.33 Å². The summed E-state index contributed by atoms with van der Waals surface area (Å²) < 4.78 is 0. The fourth-order valence-electron chi connectivity index (χ4n) is 1.58. The lowest BCUT2D eigenvalue weighted by Gasteiger charge is -2.15. The van der Waals surface area contributed by atoms with Crippen LogP contribution in [0.25, 0.3) is 0 Å². The monoisotopic (exact) mass is 239 g/mol. The van der Waals surface area contributed by atoms with Gasteiger partial charge in [0.25, 0.3) is 0 Å². The van der Waals surface area contributed by atoms with Gasteiger partial charge in [0.2, 0.25) is 5.91 Å². The van der Waals surface area contributed by atoms with Crippen LogP contribution in [0.2, 0.25) is 0 Å². The summed E-state index contributed by atoms with van der Waals surface area (Å²) in [7, 11) is 1.78. The molecule has 0 spiro atoms. The number of H-pyrrole nitrogens is 1. The van der Waals surface area contributed by atoms with Gasteiger partial charge in [-0.05, 0) is 19.4 Å². The molecule has 17 heavy (non-hydrogen) atoms. The number of amides is 1. The van der Waals surface area contributed by atoms with Gasteiger partial charge >= 0.3 is 0 Å². The average Bonchev–Trinajstić information content (AvgIpc) is 2.81. The van der Waals surface area contributed by atoms with E-state index >= 15 is 0 Å². The van der Waals surface area contributed by atoms with Crippen molar-refractivity contribution < 1.29 is 4.79 Å². The number of hydrogen-bond donors (Lipinski definition) is 2. The molecule has 6 heteroatoms. The molecule has 0 aliphatic carbocycles. The van der Waals surface area contributed by atoms with Gasteiger partial charge in [-0.1, -0.05) is 12.8 Å². The van der Waals surface area contributed by atoms with Crippen LogP contribution in [-0.2, 0) is 11.3 Å². The van der Waals surface area contributed by atoms with E-state index in [0.717, 1.165) is 32.2 Å². The molecule has 0 saturated carbocycles. The molecule has 1 rings (SSSR count). The number of unbranched alkanes of at least 4 members (excludes halogenated alkanes) is 3. The molecular weight excluding hydrogens is 218 g/mol. The standard InChI is InChI=1S/C11H21N5O/c1-16(8-10-13-9-14-15-10)11(17)6-4-2-3-5-7-12/h9H,2-8,12H2,1H3,(H,13,14,15). The van der Waals surface area contributed by atoms with Crippen LogP contribution < -0.4 is 5.73 Å². The van der Waals surface area contributed by atoms with E-state index < -0.39 is 0 Å². The molecular formula is C11H21N5O. The summed E-state index contributed by atoms with van der Waals surface area (Å²) in [5.74, 6) is 0.859. The van der Waals surface area contributed by atoms with Gasteiger partial charge in [-0.25, -0.2) is 4.98 Å². The lowest BCUT2D eigenvalue weighted by molar-refractivity contribution is -0.130. The van der Waals surface area contributed by atoms with Crippen LogP contribution in [0.15, 0.2) is 6.33 Å². The normalized spacial score (nSPS) is 10.5. The van der Waals surface area contributed by atoms with Gasteiger partial charge in [-0.15, -0.1) is 0 Å². The maximum atomic E-state index is 11.7. The van der Waals surface area contributed by atoms with Gasteiger partial charge in [-0.2, -0.15) is 5.10 Å². The number of carbonyl (C=O) groups is 1. The lowest BCUT2D eigenvalue weighted by atomic mass is 10.1. The smallest absolute Gasteiger partial charge is 0.222 e. The first-order valence-electron chi connectivity index (χ1n) is 6.02. The summed E-state index contributed by atoms with van der Waals surface area (Å²) in [6, 6.07) is 0. The Bertz CT molecular complexity index is 312. The first-order chi connectivity index (χ1) is 8.24. The molecule has 0 aliphatic heterocycles. The Hall–Kier alpha value is -1.43. The SMILES string of the molecule is CN(Cc1ncn[nH]1)C(=O)CCCCCCN. The third-order valence-corrected chi connectivity index (χ3v) is 2.62. The highest BCUT2D eigenvalue weighted by atomic mass is 16.2. The first-order valence-corrected chi connectivity index (χ1v) is 6.02. The third-order valence-electron chi connectivity index (χ3n) is 2.62. The van der Waals surface area contributed by atoms with E-state index in [1.54, 1.807) is 11.9 Å². The second kappa shape index (κ2) is 7.78. The lowest BCUT2D eigenvalue weighted by Crippen LogP contribution is -2.26. The van der Waals surface area contributed by atoms with Crippen LogP contribution in [0.5, 0.6) is 0 Å². The van der Waals surface area contributed by atoms with Crippen LogP contribution in [-0.4, -0.2) is 39.6 Å². The van der Waals surface area contributed by atoms with Gasteiger partial charge in [0.05, 0.1) is 6.54 Å². The fraction of sp³-hybridized carbons (Fsp3) is 0.727. The minimum Gasteiger partial charge on any atom is -0.338 e. The van der Waals surface area contributed by atoms with E-state index in [4.69, 9.17) is 5.73 Å². The second-order valence-electron chi connectivity index (χ2n) is 4.13. The number of nitrogens with two attached hydrogens (primary N) is 1. The van der Waals surface area contributed by atoms with Gasteiger partial charge in [-0.3, -0.25) is 9.89 Å². The summed E-state index contributed by atoms with van der Waals surface area (Å²) in [5, 5.41) is 6.48. The minimum absolute atomic E-state index is 0.147. The highest BCUT2D eigenvalue weighted by molar-refractivity contribution is 5.75. The fourth-order valence-corrected chi connectivity index (χ4v) is 1.58. The topological polar surface area (TPSA) is 87.9 Å². The summed E-state index contributed by atoms with van der Waals surface area (Å²) in [4.78, 5) is 17.4. The summed E-state index contributed by atoms with van der Waals surface area (Å²) >= 11 is 0. The number of nitrogens with zero attached hydrogens (tertiary/aromatic N) is 3. The molecule has 0 radical (unpaired) electrons. The number of rotatable bonds is 8. The zero-order valence-corrected chi connectivity index (χ0v) is 10.4. The second-order valence-corrected chi connectivity index (χ2v) is 4.13. The molecule has 0 atom stereocenters. The largest absolute Gasteiger partial charge is 0.338 e. The average molecular weight is 239 g/mol. The van der Waals surface area contributed by atoms with Crippen molar-refractivity contribution in [2.75, 3.05) is 13.6 Å². The number of carbonyl (C=O) groups excluding carboxylic acids is 1. The van der Waals surface area contributed by atoms with Crippen molar-refractivity contribution in [3.63, 3.8) is 0 Å². The van der Waals surface area contributed by atoms with Gasteiger partial charge < -0.3 is 10.6 Å². The number of nitrogens with one attached hydrogen (secondary N) is 1. The zero-order chi connectivity index (χ0) is 12.5. The van der Waals surface area contributed by atoms with Crippen LogP contribution in [0.1, 0.15) is 37.9 Å². The van der Waals surface area contributed by atoms with Crippen molar-refractivity contribution in [1.82, 2.24) is 20.1 Å². The molecule has 1 heterocycles. The van der Waals surface area contributed by atoms with Crippen molar-refractivity contribution in [1.29, 1.82) is 0 Å². The van der Waals surface area contributed by atoms with Gasteiger partial charge in [0, 0.05) is 13.5 Å². The van der Waals surface area contributed by atoms with Crippen molar-refractivity contribution in [3.05, 3.63) is 12.2 Å². The van der Waals surface area contributed by atoms with Gasteiger partial charge in [0.1, 0.15) is 12.2 Å². The number of aromatic nitrogens is 3. The van der Waals surface area contributed by atoms with Crippen molar-refractivity contribution in [3.8, 4) is 0 Å². The van der Waals surface area contributed by atoms with Crippen molar-refractivity contribution in [2.45, 2.75) is 38.6 Å². The predicted octanol–water partition coefficient (Wildman–Crippen LogP) is 0.672. The van der Waals surface area contributed by atoms with Gasteiger partial charge in [0.15, 0.2) is 0 Å². The number of aromatic amines is 1. The molecule has 1 amide bonds. The van der Waals surface area contributed by atoms with E-state index in [2.05, 4.69) is 15.2 Å². The summed E-state index contributed by atoms with van der Waals surface area (Å²) in [5.41, 5.74) is 5.40. The van der Waals surface area contributed by atoms with Crippen LogP contribution >= 0.6 is 0 Å². The molecule has 0 saturated heterocycles. The maximum absolute atomic E-state index is 11.7. The molecule has 0 fully saturated rings. The van der Waals surface area contributed by atoms with Crippen molar-refractivity contribution >= 4 is 5.91 Å².